The van der Waals surface area contributed by atoms with Crippen LogP contribution in [0.5, 0.6) is 5.88 Å². The summed E-state index contributed by atoms with van der Waals surface area (Å²) in [6, 6.07) is 1.81. The summed E-state index contributed by atoms with van der Waals surface area (Å²) in [6.07, 6.45) is 1.64. The Morgan fingerprint density at radius 2 is 2.25 bits per heavy atom. The molecule has 0 saturated carbocycles. The molecular formula is C8H12BNO2. The second-order valence-corrected chi connectivity index (χ2v) is 2.76. The zero-order valence-electron chi connectivity index (χ0n) is 7.53. The van der Waals surface area contributed by atoms with Gasteiger partial charge in [0.1, 0.15) is 0 Å². The summed E-state index contributed by atoms with van der Waals surface area (Å²) in [4.78, 5) is 4.00. The fourth-order valence-corrected chi connectivity index (χ4v) is 1.09. The van der Waals surface area contributed by atoms with Crippen LogP contribution in [0.15, 0.2) is 12.3 Å². The monoisotopic (exact) mass is 165 g/mol. The van der Waals surface area contributed by atoms with E-state index in [-0.39, 0.29) is 0 Å². The van der Waals surface area contributed by atoms with E-state index in [1.807, 2.05) is 13.0 Å². The number of pyridine rings is 1. The van der Waals surface area contributed by atoms with Gasteiger partial charge >= 0.3 is 6.92 Å². The topological polar surface area (TPSA) is 42.4 Å². The van der Waals surface area contributed by atoms with Crippen LogP contribution in [-0.4, -0.2) is 24.0 Å². The van der Waals surface area contributed by atoms with E-state index >= 15 is 0 Å². The molecule has 3 nitrogen and oxygen atoms in total. The van der Waals surface area contributed by atoms with Gasteiger partial charge in [-0.2, -0.15) is 0 Å². The van der Waals surface area contributed by atoms with Crippen LogP contribution in [0, 0.1) is 6.92 Å². The Kier molecular flexibility index (Phi) is 2.71. The zero-order valence-corrected chi connectivity index (χ0v) is 7.53. The molecule has 0 aliphatic rings. The second-order valence-electron chi connectivity index (χ2n) is 2.76. The van der Waals surface area contributed by atoms with Crippen LogP contribution in [0.4, 0.5) is 0 Å². The van der Waals surface area contributed by atoms with Gasteiger partial charge in [-0.05, 0) is 17.9 Å². The van der Waals surface area contributed by atoms with E-state index in [1.54, 1.807) is 20.1 Å². The number of ether oxygens (including phenoxy) is 1. The molecule has 0 atom stereocenters. The Hall–Kier alpha value is -1.03. The van der Waals surface area contributed by atoms with Crippen LogP contribution in [0.25, 0.3) is 0 Å². The molecule has 0 fully saturated rings. The van der Waals surface area contributed by atoms with Crippen LogP contribution in [-0.2, 0) is 0 Å². The maximum absolute atomic E-state index is 9.29. The third kappa shape index (κ3) is 1.77. The second kappa shape index (κ2) is 3.58. The highest BCUT2D eigenvalue weighted by molar-refractivity contribution is 6.65. The van der Waals surface area contributed by atoms with Crippen molar-refractivity contribution in [1.82, 2.24) is 4.98 Å². The fourth-order valence-electron chi connectivity index (χ4n) is 1.09. The molecule has 0 aromatic carbocycles. The van der Waals surface area contributed by atoms with Crippen LogP contribution >= 0.6 is 0 Å². The Balaban J connectivity index is 3.03. The lowest BCUT2D eigenvalue weighted by atomic mass is 9.63. The number of methoxy groups -OCH3 is 1. The fraction of sp³-hybridized carbons (Fsp3) is 0.375. The van der Waals surface area contributed by atoms with Gasteiger partial charge in [-0.25, -0.2) is 4.98 Å². The number of rotatable bonds is 2. The van der Waals surface area contributed by atoms with Crippen molar-refractivity contribution in [3.05, 3.63) is 17.8 Å². The highest BCUT2D eigenvalue weighted by Gasteiger charge is 2.10. The van der Waals surface area contributed by atoms with E-state index in [1.165, 1.54) is 0 Å². The molecule has 1 heterocycles. The van der Waals surface area contributed by atoms with E-state index in [9.17, 15) is 5.02 Å². The number of nitrogens with zero attached hydrogens (tertiary/aromatic N) is 1. The number of aromatic nitrogens is 1. The van der Waals surface area contributed by atoms with Gasteiger partial charge in [-0.3, -0.25) is 0 Å². The summed E-state index contributed by atoms with van der Waals surface area (Å²) in [5.74, 6) is 0.580. The molecule has 64 valence electrons. The smallest absolute Gasteiger partial charge is 0.322 e. The van der Waals surface area contributed by atoms with Crippen LogP contribution in [0.1, 0.15) is 5.56 Å². The zero-order chi connectivity index (χ0) is 9.14. The normalized spacial score (nSPS) is 9.67. The molecule has 1 rings (SSSR count). The molecule has 4 heteroatoms. The third-order valence-corrected chi connectivity index (χ3v) is 1.79. The van der Waals surface area contributed by atoms with Crippen molar-refractivity contribution in [3.8, 4) is 5.88 Å². The largest absolute Gasteiger partial charge is 0.481 e. The summed E-state index contributed by atoms with van der Waals surface area (Å²) in [5, 5.41) is 9.29. The minimum atomic E-state index is -0.469. The SMILES string of the molecule is COc1cc(C)c(B(C)O)cn1. The molecular weight excluding hydrogens is 153 g/mol. The van der Waals surface area contributed by atoms with Gasteiger partial charge in [0.15, 0.2) is 0 Å². The first-order chi connectivity index (χ1) is 5.65. The van der Waals surface area contributed by atoms with Crippen LogP contribution in [0.3, 0.4) is 0 Å². The van der Waals surface area contributed by atoms with Crippen molar-refractivity contribution in [2.24, 2.45) is 0 Å². The lowest BCUT2D eigenvalue weighted by Crippen LogP contribution is -2.29. The summed E-state index contributed by atoms with van der Waals surface area (Å²) >= 11 is 0. The Morgan fingerprint density at radius 3 is 2.67 bits per heavy atom. The van der Waals surface area contributed by atoms with Crippen molar-refractivity contribution in [1.29, 1.82) is 0 Å². The van der Waals surface area contributed by atoms with Gasteiger partial charge in [-0.15, -0.1) is 0 Å². The Bertz CT molecular complexity index is 276. The minimum absolute atomic E-state index is 0.469. The van der Waals surface area contributed by atoms with E-state index in [0.29, 0.717) is 5.88 Å². The van der Waals surface area contributed by atoms with Crippen molar-refractivity contribution >= 4 is 12.4 Å². The summed E-state index contributed by atoms with van der Waals surface area (Å²) in [5.41, 5.74) is 1.84. The highest BCUT2D eigenvalue weighted by atomic mass is 16.5. The van der Waals surface area contributed by atoms with Crippen molar-refractivity contribution in [3.63, 3.8) is 0 Å². The molecule has 0 radical (unpaired) electrons. The lowest BCUT2D eigenvalue weighted by molar-refractivity contribution is 0.397. The van der Waals surface area contributed by atoms with Crippen molar-refractivity contribution < 1.29 is 9.76 Å². The first-order valence-electron chi connectivity index (χ1n) is 3.83. The molecule has 1 N–H and O–H groups in total. The van der Waals surface area contributed by atoms with Crippen molar-refractivity contribution in [2.75, 3.05) is 7.11 Å². The van der Waals surface area contributed by atoms with Gasteiger partial charge in [0.2, 0.25) is 5.88 Å². The standard InChI is InChI=1S/C8H12BNO2/c1-6-4-8(12-3)10-5-7(6)9(2)11/h4-5,11H,1-3H3. The molecule has 0 spiro atoms. The van der Waals surface area contributed by atoms with E-state index in [2.05, 4.69) is 4.98 Å². The molecule has 0 amide bonds. The molecule has 0 aliphatic heterocycles. The highest BCUT2D eigenvalue weighted by Crippen LogP contribution is 2.05. The predicted molar refractivity (Wildman–Crippen MR) is 49.0 cm³/mol. The summed E-state index contributed by atoms with van der Waals surface area (Å²) in [6.45, 7) is 3.17. The number of hydrogen-bond acceptors (Lipinski definition) is 3. The van der Waals surface area contributed by atoms with Gasteiger partial charge < -0.3 is 9.76 Å². The molecule has 0 saturated heterocycles. The third-order valence-electron chi connectivity index (χ3n) is 1.79. The molecule has 12 heavy (non-hydrogen) atoms. The number of hydrogen-bond donors (Lipinski definition) is 1. The molecule has 0 bridgehead atoms. The predicted octanol–water partition coefficient (Wildman–Crippen LogP) is 0.219. The quantitative estimate of drug-likeness (QED) is 0.637. The maximum atomic E-state index is 9.29. The Labute approximate surface area is 72.5 Å². The van der Waals surface area contributed by atoms with Gasteiger partial charge in [0.05, 0.1) is 7.11 Å². The summed E-state index contributed by atoms with van der Waals surface area (Å²) in [7, 11) is 1.57. The average Bonchev–Trinajstić information content (AvgIpc) is 2.03. The molecule has 0 aliphatic carbocycles. The van der Waals surface area contributed by atoms with E-state index in [0.717, 1.165) is 11.0 Å². The number of aryl methyl sites for hydroxylation is 1. The molecule has 0 unspecified atom stereocenters. The molecule has 1 aromatic rings. The van der Waals surface area contributed by atoms with Gasteiger partial charge in [0.25, 0.3) is 0 Å². The minimum Gasteiger partial charge on any atom is -0.481 e. The van der Waals surface area contributed by atoms with E-state index in [4.69, 9.17) is 4.74 Å². The summed E-state index contributed by atoms with van der Waals surface area (Å²) < 4.78 is 4.94. The van der Waals surface area contributed by atoms with Crippen LogP contribution in [0.2, 0.25) is 6.82 Å². The average molecular weight is 165 g/mol. The first kappa shape index (κ1) is 9.07. The van der Waals surface area contributed by atoms with Crippen molar-refractivity contribution in [2.45, 2.75) is 13.7 Å². The van der Waals surface area contributed by atoms with E-state index < -0.39 is 6.92 Å². The maximum Gasteiger partial charge on any atom is 0.322 e. The Morgan fingerprint density at radius 1 is 1.58 bits per heavy atom. The van der Waals surface area contributed by atoms with Gasteiger partial charge in [0, 0.05) is 12.3 Å². The van der Waals surface area contributed by atoms with Gasteiger partial charge in [-0.1, -0.05) is 6.82 Å². The first-order valence-corrected chi connectivity index (χ1v) is 3.83. The van der Waals surface area contributed by atoms with Crippen LogP contribution < -0.4 is 10.2 Å². The lowest BCUT2D eigenvalue weighted by Gasteiger charge is -2.06. The molecule has 1 aromatic heterocycles.